The number of ether oxygens (including phenoxy) is 1. The van der Waals surface area contributed by atoms with Gasteiger partial charge < -0.3 is 14.7 Å². The topological polar surface area (TPSA) is 49.8 Å². The molecule has 0 unspecified atom stereocenters. The number of aliphatic hydroxyl groups is 1. The second-order valence-corrected chi connectivity index (χ2v) is 6.19. The maximum absolute atomic E-state index is 11.9. The Morgan fingerprint density at radius 2 is 2.25 bits per heavy atom. The first-order chi connectivity index (χ1) is 9.76. The second kappa shape index (κ2) is 7.64. The number of hydrogen-bond acceptors (Lipinski definition) is 4. The third-order valence-corrected chi connectivity index (χ3v) is 4.76. The third kappa shape index (κ3) is 3.73. The molecule has 1 aliphatic rings. The van der Waals surface area contributed by atoms with Gasteiger partial charge in [0.2, 0.25) is 0 Å². The van der Waals surface area contributed by atoms with Gasteiger partial charge in [-0.15, -0.1) is 11.3 Å². The number of likely N-dealkylation sites (tertiary alicyclic amines) is 1. The van der Waals surface area contributed by atoms with Crippen molar-refractivity contribution >= 4 is 17.4 Å². The van der Waals surface area contributed by atoms with Gasteiger partial charge >= 0.3 is 6.09 Å². The van der Waals surface area contributed by atoms with Crippen LogP contribution in [0.15, 0.2) is 11.4 Å². The zero-order chi connectivity index (χ0) is 14.4. The monoisotopic (exact) mass is 297 g/mol. The number of hydrogen-bond donors (Lipinski definition) is 1. The standard InChI is InChI=1S/C15H23NO3S/c1-2-3-9-19-15(18)16-7-4-12(5-8-16)13-6-10-20-14(13)11-17/h6,10,12,17H,2-5,7-9,11H2,1H3. The molecule has 1 aromatic heterocycles. The summed E-state index contributed by atoms with van der Waals surface area (Å²) in [6.45, 7) is 4.21. The summed E-state index contributed by atoms with van der Waals surface area (Å²) in [5, 5.41) is 11.4. The molecule has 0 saturated carbocycles. The van der Waals surface area contributed by atoms with Gasteiger partial charge in [-0.2, -0.15) is 0 Å². The van der Waals surface area contributed by atoms with Crippen LogP contribution in [0.2, 0.25) is 0 Å². The van der Waals surface area contributed by atoms with Crippen molar-refractivity contribution in [3.63, 3.8) is 0 Å². The fourth-order valence-electron chi connectivity index (χ4n) is 2.61. The summed E-state index contributed by atoms with van der Waals surface area (Å²) in [5.74, 6) is 0.461. The van der Waals surface area contributed by atoms with Gasteiger partial charge in [0.05, 0.1) is 13.2 Å². The normalized spacial score (nSPS) is 16.4. The van der Waals surface area contributed by atoms with E-state index in [0.29, 0.717) is 12.5 Å². The SMILES string of the molecule is CCCCOC(=O)N1CCC(c2ccsc2CO)CC1. The summed E-state index contributed by atoms with van der Waals surface area (Å²) in [6.07, 6.45) is 3.69. The van der Waals surface area contributed by atoms with E-state index in [1.54, 1.807) is 16.2 Å². The lowest BCUT2D eigenvalue weighted by Crippen LogP contribution is -2.38. The van der Waals surface area contributed by atoms with E-state index in [1.807, 2.05) is 5.38 Å². The summed E-state index contributed by atoms with van der Waals surface area (Å²) in [7, 11) is 0. The van der Waals surface area contributed by atoms with E-state index in [-0.39, 0.29) is 12.7 Å². The fourth-order valence-corrected chi connectivity index (χ4v) is 3.44. The third-order valence-electron chi connectivity index (χ3n) is 3.84. The zero-order valence-electron chi connectivity index (χ0n) is 12.0. The predicted molar refractivity (Wildman–Crippen MR) is 80.0 cm³/mol. The van der Waals surface area contributed by atoms with Gasteiger partial charge in [0, 0.05) is 18.0 Å². The maximum atomic E-state index is 11.9. The quantitative estimate of drug-likeness (QED) is 0.848. The maximum Gasteiger partial charge on any atom is 0.409 e. The van der Waals surface area contributed by atoms with Crippen LogP contribution in [0, 0.1) is 0 Å². The van der Waals surface area contributed by atoms with Crippen molar-refractivity contribution in [2.75, 3.05) is 19.7 Å². The van der Waals surface area contributed by atoms with E-state index in [4.69, 9.17) is 4.74 Å². The van der Waals surface area contributed by atoms with Crippen molar-refractivity contribution < 1.29 is 14.6 Å². The predicted octanol–water partition coefficient (Wildman–Crippen LogP) is 3.36. The molecule has 1 amide bonds. The molecule has 1 aromatic rings. The summed E-state index contributed by atoms with van der Waals surface area (Å²) in [4.78, 5) is 14.7. The Bertz CT molecular complexity index is 425. The minimum Gasteiger partial charge on any atom is -0.449 e. The highest BCUT2D eigenvalue weighted by Gasteiger charge is 2.26. The Hall–Kier alpha value is -1.07. The summed E-state index contributed by atoms with van der Waals surface area (Å²) < 4.78 is 5.24. The molecule has 1 N–H and O–H groups in total. The zero-order valence-corrected chi connectivity index (χ0v) is 12.8. The van der Waals surface area contributed by atoms with Crippen LogP contribution in [0.4, 0.5) is 4.79 Å². The molecule has 0 aromatic carbocycles. The second-order valence-electron chi connectivity index (χ2n) is 5.19. The molecule has 0 spiro atoms. The van der Waals surface area contributed by atoms with Crippen molar-refractivity contribution in [2.45, 2.75) is 45.1 Å². The van der Waals surface area contributed by atoms with Crippen molar-refractivity contribution in [2.24, 2.45) is 0 Å². The molecular formula is C15H23NO3S. The molecular weight excluding hydrogens is 274 g/mol. The Kier molecular flexibility index (Phi) is 5.86. The lowest BCUT2D eigenvalue weighted by Gasteiger charge is -2.31. The summed E-state index contributed by atoms with van der Waals surface area (Å²) in [6, 6.07) is 2.11. The molecule has 0 radical (unpaired) electrons. The van der Waals surface area contributed by atoms with Crippen LogP contribution in [-0.2, 0) is 11.3 Å². The van der Waals surface area contributed by atoms with Gasteiger partial charge in [0.1, 0.15) is 0 Å². The number of thiophene rings is 1. The summed E-state index contributed by atoms with van der Waals surface area (Å²) >= 11 is 1.61. The largest absolute Gasteiger partial charge is 0.449 e. The van der Waals surface area contributed by atoms with Crippen LogP contribution < -0.4 is 0 Å². The Labute approximate surface area is 124 Å². The Balaban J connectivity index is 1.81. The highest BCUT2D eigenvalue weighted by molar-refractivity contribution is 7.10. The number of unbranched alkanes of at least 4 members (excludes halogenated alkanes) is 1. The number of nitrogens with zero attached hydrogens (tertiary/aromatic N) is 1. The Morgan fingerprint density at radius 3 is 2.90 bits per heavy atom. The summed E-state index contributed by atoms with van der Waals surface area (Å²) in [5.41, 5.74) is 1.26. The first-order valence-corrected chi connectivity index (χ1v) is 8.23. The molecule has 0 bridgehead atoms. The lowest BCUT2D eigenvalue weighted by molar-refractivity contribution is 0.0915. The molecule has 1 fully saturated rings. The van der Waals surface area contributed by atoms with E-state index in [1.165, 1.54) is 5.56 Å². The minimum absolute atomic E-state index is 0.117. The van der Waals surface area contributed by atoms with E-state index >= 15 is 0 Å². The van der Waals surface area contributed by atoms with Gasteiger partial charge in [-0.05, 0) is 42.2 Å². The van der Waals surface area contributed by atoms with Gasteiger partial charge in [0.15, 0.2) is 0 Å². The highest BCUT2D eigenvalue weighted by atomic mass is 32.1. The molecule has 20 heavy (non-hydrogen) atoms. The van der Waals surface area contributed by atoms with E-state index < -0.39 is 0 Å². The van der Waals surface area contributed by atoms with E-state index in [2.05, 4.69) is 13.0 Å². The van der Waals surface area contributed by atoms with Gasteiger partial charge in [0.25, 0.3) is 0 Å². The molecule has 0 atom stereocenters. The Morgan fingerprint density at radius 1 is 1.50 bits per heavy atom. The smallest absolute Gasteiger partial charge is 0.409 e. The van der Waals surface area contributed by atoms with Crippen molar-refractivity contribution in [3.8, 4) is 0 Å². The molecule has 112 valence electrons. The van der Waals surface area contributed by atoms with Gasteiger partial charge in [-0.25, -0.2) is 4.79 Å². The molecule has 1 aliphatic heterocycles. The first-order valence-electron chi connectivity index (χ1n) is 7.35. The minimum atomic E-state index is -0.176. The van der Waals surface area contributed by atoms with E-state index in [0.717, 1.165) is 43.6 Å². The molecule has 1 saturated heterocycles. The highest BCUT2D eigenvalue weighted by Crippen LogP contribution is 2.33. The van der Waals surface area contributed by atoms with Crippen molar-refractivity contribution in [1.82, 2.24) is 4.90 Å². The van der Waals surface area contributed by atoms with Crippen LogP contribution in [0.5, 0.6) is 0 Å². The number of piperidine rings is 1. The van der Waals surface area contributed by atoms with Crippen LogP contribution in [0.3, 0.4) is 0 Å². The molecule has 4 nitrogen and oxygen atoms in total. The number of amides is 1. The average molecular weight is 297 g/mol. The lowest BCUT2D eigenvalue weighted by atomic mass is 9.90. The number of carbonyl (C=O) groups is 1. The first kappa shape index (κ1) is 15.3. The molecule has 2 heterocycles. The molecule has 0 aliphatic carbocycles. The van der Waals surface area contributed by atoms with Crippen molar-refractivity contribution in [3.05, 3.63) is 21.9 Å². The number of aliphatic hydroxyl groups excluding tert-OH is 1. The number of carbonyl (C=O) groups excluding carboxylic acids is 1. The fraction of sp³-hybridized carbons (Fsp3) is 0.667. The molecule has 2 rings (SSSR count). The van der Waals surface area contributed by atoms with Crippen LogP contribution in [0.25, 0.3) is 0 Å². The molecule has 5 heteroatoms. The van der Waals surface area contributed by atoms with Crippen LogP contribution >= 0.6 is 11.3 Å². The number of rotatable bonds is 5. The van der Waals surface area contributed by atoms with Gasteiger partial charge in [-0.1, -0.05) is 13.3 Å². The van der Waals surface area contributed by atoms with Crippen LogP contribution in [0.1, 0.15) is 49.0 Å². The van der Waals surface area contributed by atoms with E-state index in [9.17, 15) is 9.90 Å². The average Bonchev–Trinajstić information content (AvgIpc) is 2.96. The van der Waals surface area contributed by atoms with Crippen LogP contribution in [-0.4, -0.2) is 35.8 Å². The van der Waals surface area contributed by atoms with Crippen molar-refractivity contribution in [1.29, 1.82) is 0 Å². The van der Waals surface area contributed by atoms with Gasteiger partial charge in [-0.3, -0.25) is 0 Å².